The van der Waals surface area contributed by atoms with Crippen LogP contribution in [-0.2, 0) is 6.54 Å². The van der Waals surface area contributed by atoms with Gasteiger partial charge in [-0.15, -0.1) is 0 Å². The third-order valence-electron chi connectivity index (χ3n) is 4.17. The van der Waals surface area contributed by atoms with E-state index in [0.29, 0.717) is 6.04 Å². The number of likely N-dealkylation sites (tertiary alicyclic amines) is 1. The number of rotatable bonds is 3. The molecule has 1 unspecified atom stereocenters. The number of fused-ring (bicyclic) bond motifs is 1. The molecule has 4 rings (SSSR count). The number of nitrogens with zero attached hydrogens (tertiary/aromatic N) is 5. The number of hydrogen-bond donors (Lipinski definition) is 1. The Morgan fingerprint density at radius 1 is 1.19 bits per heavy atom. The predicted octanol–water partition coefficient (Wildman–Crippen LogP) is 2.18. The van der Waals surface area contributed by atoms with Crippen molar-refractivity contribution in [2.24, 2.45) is 0 Å². The summed E-state index contributed by atoms with van der Waals surface area (Å²) >= 11 is 0. The number of nitrogens with one attached hydrogen (secondary N) is 1. The summed E-state index contributed by atoms with van der Waals surface area (Å²) in [6.07, 6.45) is 11.2. The normalized spacial score (nSPS) is 20.1. The van der Waals surface area contributed by atoms with Crippen molar-refractivity contribution in [2.75, 3.05) is 6.54 Å². The van der Waals surface area contributed by atoms with Gasteiger partial charge < -0.3 is 0 Å². The average molecular weight is 282 g/mol. The van der Waals surface area contributed by atoms with Gasteiger partial charge in [-0.3, -0.25) is 14.4 Å². The van der Waals surface area contributed by atoms with E-state index in [2.05, 4.69) is 26.1 Å². The molecular weight excluding hydrogens is 264 g/mol. The van der Waals surface area contributed by atoms with Gasteiger partial charge in [-0.1, -0.05) is 6.42 Å². The molecule has 6 nitrogen and oxygen atoms in total. The van der Waals surface area contributed by atoms with E-state index in [0.717, 1.165) is 36.7 Å². The summed E-state index contributed by atoms with van der Waals surface area (Å²) in [4.78, 5) is 11.5. The van der Waals surface area contributed by atoms with Crippen LogP contribution < -0.4 is 0 Å². The summed E-state index contributed by atoms with van der Waals surface area (Å²) in [5.41, 5.74) is 2.27. The smallest absolute Gasteiger partial charge is 0.233 e. The van der Waals surface area contributed by atoms with E-state index in [9.17, 15) is 0 Å². The predicted molar refractivity (Wildman–Crippen MR) is 78.6 cm³/mol. The monoisotopic (exact) mass is 282 g/mol. The molecule has 21 heavy (non-hydrogen) atoms. The Balaban J connectivity index is 1.63. The first-order valence-corrected chi connectivity index (χ1v) is 7.42. The third kappa shape index (κ3) is 2.42. The molecule has 1 atom stereocenters. The summed E-state index contributed by atoms with van der Waals surface area (Å²) in [5, 5.41) is 7.09. The molecule has 6 heteroatoms. The van der Waals surface area contributed by atoms with Gasteiger partial charge in [-0.2, -0.15) is 5.10 Å². The molecule has 1 fully saturated rings. The number of hydrogen-bond acceptors (Lipinski definition) is 4. The van der Waals surface area contributed by atoms with Gasteiger partial charge in [-0.05, 0) is 31.5 Å². The summed E-state index contributed by atoms with van der Waals surface area (Å²) in [6.45, 7) is 2.00. The van der Waals surface area contributed by atoms with Gasteiger partial charge in [0.1, 0.15) is 0 Å². The summed E-state index contributed by atoms with van der Waals surface area (Å²) < 4.78 is 1.95. The highest BCUT2D eigenvalue weighted by Crippen LogP contribution is 2.30. The minimum absolute atomic E-state index is 0.365. The summed E-state index contributed by atoms with van der Waals surface area (Å²) in [5.74, 6) is 0.777. The van der Waals surface area contributed by atoms with Crippen LogP contribution in [0, 0.1) is 0 Å². The molecule has 0 spiro atoms. The van der Waals surface area contributed by atoms with E-state index in [4.69, 9.17) is 4.98 Å². The second-order valence-electron chi connectivity index (χ2n) is 5.55. The molecule has 0 radical (unpaired) electrons. The van der Waals surface area contributed by atoms with Gasteiger partial charge in [0.2, 0.25) is 5.78 Å². The zero-order valence-corrected chi connectivity index (χ0v) is 11.8. The number of piperidine rings is 1. The van der Waals surface area contributed by atoms with Crippen LogP contribution in [0.25, 0.3) is 5.78 Å². The number of aromatic nitrogens is 5. The molecule has 0 amide bonds. The maximum atomic E-state index is 4.72. The first-order chi connectivity index (χ1) is 10.4. The van der Waals surface area contributed by atoms with Crippen molar-refractivity contribution in [2.45, 2.75) is 31.8 Å². The Morgan fingerprint density at radius 3 is 3.10 bits per heavy atom. The van der Waals surface area contributed by atoms with Gasteiger partial charge in [0, 0.05) is 37.0 Å². The van der Waals surface area contributed by atoms with Crippen molar-refractivity contribution in [3.63, 3.8) is 0 Å². The van der Waals surface area contributed by atoms with Crippen molar-refractivity contribution in [3.05, 3.63) is 48.3 Å². The van der Waals surface area contributed by atoms with Crippen LogP contribution >= 0.6 is 0 Å². The van der Waals surface area contributed by atoms with Crippen molar-refractivity contribution < 1.29 is 0 Å². The Labute approximate surface area is 122 Å². The Kier molecular flexibility index (Phi) is 3.16. The average Bonchev–Trinajstić information content (AvgIpc) is 3.18. The molecule has 0 aromatic carbocycles. The molecule has 0 saturated carbocycles. The topological polar surface area (TPSA) is 62.1 Å². The van der Waals surface area contributed by atoms with Crippen LogP contribution in [-0.4, -0.2) is 36.0 Å². The lowest BCUT2D eigenvalue weighted by Gasteiger charge is -2.34. The van der Waals surface area contributed by atoms with Crippen molar-refractivity contribution >= 4 is 5.78 Å². The van der Waals surface area contributed by atoms with E-state index < -0.39 is 0 Å². The first kappa shape index (κ1) is 12.5. The van der Waals surface area contributed by atoms with Gasteiger partial charge in [0.15, 0.2) is 0 Å². The second kappa shape index (κ2) is 5.29. The Morgan fingerprint density at radius 2 is 2.19 bits per heavy atom. The SMILES string of the molecule is c1cc(CN2CCCCC2c2ccn3ccnc3n2)[nH]n1. The molecule has 1 N–H and O–H groups in total. The lowest BCUT2D eigenvalue weighted by atomic mass is 9.99. The highest BCUT2D eigenvalue weighted by molar-refractivity contribution is 5.30. The molecular formula is C15H18N6. The maximum Gasteiger partial charge on any atom is 0.233 e. The van der Waals surface area contributed by atoms with E-state index >= 15 is 0 Å². The van der Waals surface area contributed by atoms with Crippen molar-refractivity contribution in [1.82, 2.24) is 29.5 Å². The fourth-order valence-electron chi connectivity index (χ4n) is 3.11. The first-order valence-electron chi connectivity index (χ1n) is 7.42. The second-order valence-corrected chi connectivity index (χ2v) is 5.55. The lowest BCUT2D eigenvalue weighted by Crippen LogP contribution is -2.33. The minimum atomic E-state index is 0.365. The molecule has 1 aliphatic rings. The molecule has 0 aliphatic carbocycles. The Hall–Kier alpha value is -2.21. The molecule has 3 aromatic heterocycles. The quantitative estimate of drug-likeness (QED) is 0.800. The van der Waals surface area contributed by atoms with Crippen LogP contribution in [0.3, 0.4) is 0 Å². The highest BCUT2D eigenvalue weighted by atomic mass is 15.2. The number of aromatic amines is 1. The van der Waals surface area contributed by atoms with Crippen molar-refractivity contribution in [3.8, 4) is 0 Å². The molecule has 0 bridgehead atoms. The molecule has 108 valence electrons. The van der Waals surface area contributed by atoms with E-state index in [-0.39, 0.29) is 0 Å². The van der Waals surface area contributed by atoms with Gasteiger partial charge in [-0.25, -0.2) is 9.97 Å². The zero-order valence-electron chi connectivity index (χ0n) is 11.8. The summed E-state index contributed by atoms with van der Waals surface area (Å²) in [7, 11) is 0. The Bertz CT molecular complexity index is 717. The van der Waals surface area contributed by atoms with Crippen LogP contribution in [0.15, 0.2) is 36.9 Å². The van der Waals surface area contributed by atoms with Crippen LogP contribution in [0.1, 0.15) is 36.7 Å². The fraction of sp³-hybridized carbons (Fsp3) is 0.400. The van der Waals surface area contributed by atoms with Crippen molar-refractivity contribution in [1.29, 1.82) is 0 Å². The van der Waals surface area contributed by atoms with Crippen LogP contribution in [0.5, 0.6) is 0 Å². The van der Waals surface area contributed by atoms with E-state index in [1.807, 2.05) is 29.1 Å². The van der Waals surface area contributed by atoms with Crippen LogP contribution in [0.4, 0.5) is 0 Å². The molecule has 1 aliphatic heterocycles. The number of imidazole rings is 1. The van der Waals surface area contributed by atoms with Gasteiger partial charge in [0.05, 0.1) is 11.7 Å². The molecule has 4 heterocycles. The maximum absolute atomic E-state index is 4.72. The fourth-order valence-corrected chi connectivity index (χ4v) is 3.11. The molecule has 1 saturated heterocycles. The molecule has 3 aromatic rings. The minimum Gasteiger partial charge on any atom is -0.291 e. The van der Waals surface area contributed by atoms with E-state index in [1.165, 1.54) is 12.8 Å². The highest BCUT2D eigenvalue weighted by Gasteiger charge is 2.25. The standard InChI is InChI=1S/C15H18N6/c1-2-8-21(11-12-4-6-17-19-12)14(3-1)13-5-9-20-10-7-16-15(20)18-13/h4-7,9-10,14H,1-3,8,11H2,(H,17,19). The van der Waals surface area contributed by atoms with Gasteiger partial charge in [0.25, 0.3) is 0 Å². The zero-order chi connectivity index (χ0) is 14.1. The number of H-pyrrole nitrogens is 1. The third-order valence-corrected chi connectivity index (χ3v) is 4.17. The van der Waals surface area contributed by atoms with Crippen LogP contribution in [0.2, 0.25) is 0 Å². The van der Waals surface area contributed by atoms with E-state index in [1.54, 1.807) is 6.20 Å². The summed E-state index contributed by atoms with van der Waals surface area (Å²) in [6, 6.07) is 4.52. The largest absolute Gasteiger partial charge is 0.291 e. The lowest BCUT2D eigenvalue weighted by molar-refractivity contribution is 0.135. The van der Waals surface area contributed by atoms with Gasteiger partial charge >= 0.3 is 0 Å².